The molecule has 1 amide bonds. The van der Waals surface area contributed by atoms with Crippen molar-refractivity contribution in [2.45, 2.75) is 13.0 Å². The van der Waals surface area contributed by atoms with Crippen molar-refractivity contribution in [3.63, 3.8) is 0 Å². The summed E-state index contributed by atoms with van der Waals surface area (Å²) in [7, 11) is 3.15. The zero-order valence-electron chi connectivity index (χ0n) is 13.6. The first kappa shape index (κ1) is 16.3. The fourth-order valence-electron chi connectivity index (χ4n) is 2.55. The minimum absolute atomic E-state index is 0.177. The summed E-state index contributed by atoms with van der Waals surface area (Å²) in [6.07, 6.45) is -0.827. The largest absolute Gasteiger partial charge is 0.493 e. The van der Waals surface area contributed by atoms with Gasteiger partial charge in [-0.25, -0.2) is 0 Å². The minimum Gasteiger partial charge on any atom is -0.493 e. The Kier molecular flexibility index (Phi) is 4.44. The highest BCUT2D eigenvalue weighted by molar-refractivity contribution is 7.80. The van der Waals surface area contributed by atoms with E-state index in [0.29, 0.717) is 29.6 Å². The average molecular weight is 347 g/mol. The molecule has 0 saturated carbocycles. The van der Waals surface area contributed by atoms with Crippen molar-refractivity contribution in [1.29, 1.82) is 0 Å². The van der Waals surface area contributed by atoms with Crippen LogP contribution in [0.1, 0.15) is 18.8 Å². The Morgan fingerprint density at radius 2 is 1.92 bits per heavy atom. The monoisotopic (exact) mass is 347 g/mol. The van der Waals surface area contributed by atoms with Crippen LogP contribution in [0.5, 0.6) is 11.5 Å². The molecule has 1 saturated heterocycles. The molecular formula is C17H17NO5S. The van der Waals surface area contributed by atoms with Crippen LogP contribution in [0.3, 0.4) is 0 Å². The van der Waals surface area contributed by atoms with E-state index < -0.39 is 6.10 Å². The van der Waals surface area contributed by atoms with E-state index in [2.05, 4.69) is 0 Å². The van der Waals surface area contributed by atoms with Crippen molar-refractivity contribution in [3.8, 4) is 22.8 Å². The number of hydrogen-bond donors (Lipinski definition) is 0. The first-order valence-corrected chi connectivity index (χ1v) is 7.84. The number of nitrogens with zero attached hydrogens (tertiary/aromatic N) is 1. The molecule has 0 N–H and O–H groups in total. The van der Waals surface area contributed by atoms with E-state index in [1.807, 2.05) is 19.1 Å². The molecule has 1 atom stereocenters. The van der Waals surface area contributed by atoms with Gasteiger partial charge in [0.1, 0.15) is 5.76 Å². The van der Waals surface area contributed by atoms with Gasteiger partial charge in [0, 0.05) is 12.1 Å². The molecule has 0 bridgehead atoms. The van der Waals surface area contributed by atoms with Crippen molar-refractivity contribution in [2.75, 3.05) is 20.8 Å². The van der Waals surface area contributed by atoms with E-state index in [1.54, 1.807) is 32.4 Å². The summed E-state index contributed by atoms with van der Waals surface area (Å²) in [5.74, 6) is 2.03. The number of methoxy groups -OCH3 is 2. The van der Waals surface area contributed by atoms with Crippen molar-refractivity contribution in [2.24, 2.45) is 0 Å². The molecule has 0 spiro atoms. The van der Waals surface area contributed by atoms with Crippen LogP contribution in [0, 0.1) is 0 Å². The van der Waals surface area contributed by atoms with Gasteiger partial charge in [-0.15, -0.1) is 0 Å². The highest BCUT2D eigenvalue weighted by atomic mass is 32.1. The summed E-state index contributed by atoms with van der Waals surface area (Å²) in [6, 6.07) is 8.95. The van der Waals surface area contributed by atoms with Gasteiger partial charge < -0.3 is 18.6 Å². The standard InChI is InChI=1S/C17H17NO5S/c1-4-18-16(19)15(23-17(18)24)13-8-7-11(22-13)10-5-6-12(20-2)14(9-10)21-3/h5-9,15H,4H2,1-3H3. The molecule has 1 aromatic heterocycles. The van der Waals surface area contributed by atoms with Gasteiger partial charge in [0.2, 0.25) is 6.10 Å². The molecule has 0 aliphatic carbocycles. The van der Waals surface area contributed by atoms with E-state index in [9.17, 15) is 4.79 Å². The number of carbonyl (C=O) groups is 1. The number of carbonyl (C=O) groups excluding carboxylic acids is 1. The molecule has 1 unspecified atom stereocenters. The average Bonchev–Trinajstić information content (AvgIpc) is 3.18. The summed E-state index contributed by atoms with van der Waals surface area (Å²) >= 11 is 5.07. The Bertz CT molecular complexity index is 785. The molecule has 0 radical (unpaired) electrons. The number of rotatable bonds is 5. The number of amides is 1. The number of hydrogen-bond acceptors (Lipinski definition) is 6. The minimum atomic E-state index is -0.827. The Morgan fingerprint density at radius 1 is 1.17 bits per heavy atom. The lowest BCUT2D eigenvalue weighted by Gasteiger charge is -2.08. The second-order valence-corrected chi connectivity index (χ2v) is 5.47. The first-order valence-electron chi connectivity index (χ1n) is 7.43. The lowest BCUT2D eigenvalue weighted by molar-refractivity contribution is -0.130. The van der Waals surface area contributed by atoms with Gasteiger partial charge in [-0.05, 0) is 49.5 Å². The van der Waals surface area contributed by atoms with Gasteiger partial charge in [0.05, 0.1) is 14.2 Å². The van der Waals surface area contributed by atoms with Gasteiger partial charge in [-0.3, -0.25) is 9.69 Å². The normalized spacial score (nSPS) is 17.1. The van der Waals surface area contributed by atoms with Gasteiger partial charge in [0.25, 0.3) is 11.1 Å². The SMILES string of the molecule is CCN1C(=O)C(c2ccc(-c3ccc(OC)c(OC)c3)o2)OC1=S. The molecule has 3 rings (SSSR count). The van der Waals surface area contributed by atoms with Gasteiger partial charge in [-0.1, -0.05) is 0 Å². The van der Waals surface area contributed by atoms with E-state index in [1.165, 1.54) is 4.90 Å². The molecule has 6 nitrogen and oxygen atoms in total. The van der Waals surface area contributed by atoms with Crippen LogP contribution in [0.2, 0.25) is 0 Å². The zero-order valence-corrected chi connectivity index (χ0v) is 14.4. The summed E-state index contributed by atoms with van der Waals surface area (Å²) in [6.45, 7) is 2.31. The Balaban J connectivity index is 1.89. The highest BCUT2D eigenvalue weighted by Crippen LogP contribution is 2.35. The fraction of sp³-hybridized carbons (Fsp3) is 0.294. The molecule has 1 aliphatic rings. The van der Waals surface area contributed by atoms with Crippen LogP contribution in [0.25, 0.3) is 11.3 Å². The quantitative estimate of drug-likeness (QED) is 0.774. The van der Waals surface area contributed by atoms with Crippen LogP contribution in [-0.4, -0.2) is 36.7 Å². The fourth-order valence-corrected chi connectivity index (χ4v) is 2.86. The molecule has 126 valence electrons. The van der Waals surface area contributed by atoms with Crippen LogP contribution in [-0.2, 0) is 9.53 Å². The summed E-state index contributed by atoms with van der Waals surface area (Å²) in [5, 5.41) is 0.177. The summed E-state index contributed by atoms with van der Waals surface area (Å²) in [4.78, 5) is 13.7. The van der Waals surface area contributed by atoms with Gasteiger partial charge in [0.15, 0.2) is 17.3 Å². The van der Waals surface area contributed by atoms with Crippen LogP contribution >= 0.6 is 12.2 Å². The van der Waals surface area contributed by atoms with E-state index in [4.69, 9.17) is 30.8 Å². The smallest absolute Gasteiger partial charge is 0.279 e. The zero-order chi connectivity index (χ0) is 17.3. The Labute approximate surface area is 144 Å². The van der Waals surface area contributed by atoms with E-state index in [0.717, 1.165) is 5.56 Å². The van der Waals surface area contributed by atoms with Crippen LogP contribution in [0.15, 0.2) is 34.7 Å². The molecule has 1 fully saturated rings. The van der Waals surface area contributed by atoms with Crippen molar-refractivity contribution < 1.29 is 23.4 Å². The third-order valence-electron chi connectivity index (χ3n) is 3.80. The van der Waals surface area contributed by atoms with E-state index in [-0.39, 0.29) is 11.1 Å². The van der Waals surface area contributed by atoms with Crippen molar-refractivity contribution >= 4 is 23.3 Å². The number of benzene rings is 1. The molecule has 24 heavy (non-hydrogen) atoms. The van der Waals surface area contributed by atoms with E-state index >= 15 is 0 Å². The van der Waals surface area contributed by atoms with Crippen molar-refractivity contribution in [3.05, 3.63) is 36.1 Å². The van der Waals surface area contributed by atoms with Gasteiger partial charge in [-0.2, -0.15) is 0 Å². The van der Waals surface area contributed by atoms with Crippen LogP contribution in [0.4, 0.5) is 0 Å². The summed E-state index contributed by atoms with van der Waals surface area (Å²) in [5.41, 5.74) is 0.805. The number of furan rings is 1. The second kappa shape index (κ2) is 6.52. The third kappa shape index (κ3) is 2.71. The molecular weight excluding hydrogens is 330 g/mol. The third-order valence-corrected chi connectivity index (χ3v) is 4.12. The lowest BCUT2D eigenvalue weighted by Crippen LogP contribution is -2.28. The second-order valence-electron chi connectivity index (χ2n) is 5.12. The number of thiocarbonyl (C=S) groups is 1. The highest BCUT2D eigenvalue weighted by Gasteiger charge is 2.40. The molecule has 1 aromatic carbocycles. The number of likely N-dealkylation sites (N-methyl/N-ethyl adjacent to an activating group) is 1. The maximum atomic E-state index is 12.3. The maximum Gasteiger partial charge on any atom is 0.279 e. The predicted octanol–water partition coefficient (Wildman–Crippen LogP) is 3.17. The Hall–Kier alpha value is -2.54. The Morgan fingerprint density at radius 3 is 2.54 bits per heavy atom. The van der Waals surface area contributed by atoms with Crippen LogP contribution < -0.4 is 9.47 Å². The topological polar surface area (TPSA) is 61.1 Å². The summed E-state index contributed by atoms with van der Waals surface area (Å²) < 4.78 is 21.8. The maximum absolute atomic E-state index is 12.3. The predicted molar refractivity (Wildman–Crippen MR) is 91.1 cm³/mol. The molecule has 7 heteroatoms. The molecule has 1 aliphatic heterocycles. The number of ether oxygens (including phenoxy) is 3. The van der Waals surface area contributed by atoms with Gasteiger partial charge >= 0.3 is 0 Å². The molecule has 2 aromatic rings. The van der Waals surface area contributed by atoms with Crippen molar-refractivity contribution in [1.82, 2.24) is 4.90 Å². The lowest BCUT2D eigenvalue weighted by atomic mass is 10.1. The first-order chi connectivity index (χ1) is 11.6. The molecule has 2 heterocycles.